The molecule has 1 unspecified atom stereocenters. The molecule has 2 aromatic rings. The van der Waals surface area contributed by atoms with Gasteiger partial charge in [0.2, 0.25) is 0 Å². The van der Waals surface area contributed by atoms with Crippen molar-refractivity contribution in [3.8, 4) is 0 Å². The van der Waals surface area contributed by atoms with Gasteiger partial charge in [0, 0.05) is 16.4 Å². The van der Waals surface area contributed by atoms with E-state index in [0.717, 1.165) is 16.1 Å². The Morgan fingerprint density at radius 2 is 1.96 bits per heavy atom. The quantitative estimate of drug-likeness (QED) is 0.748. The molecule has 0 saturated heterocycles. The first-order valence-electron chi connectivity index (χ1n) is 7.97. The number of carbonyl (C=O) groups excluding carboxylic acids is 2. The van der Waals surface area contributed by atoms with E-state index in [-0.39, 0.29) is 23.7 Å². The van der Waals surface area contributed by atoms with Gasteiger partial charge in [-0.2, -0.15) is 0 Å². The van der Waals surface area contributed by atoms with E-state index in [1.165, 1.54) is 7.11 Å². The highest BCUT2D eigenvalue weighted by molar-refractivity contribution is 8.01. The summed E-state index contributed by atoms with van der Waals surface area (Å²) in [6.07, 6.45) is 0.629. The molecule has 5 heteroatoms. The molecule has 1 aliphatic carbocycles. The number of methoxy groups -OCH3 is 1. The highest BCUT2D eigenvalue weighted by Gasteiger charge is 2.68. The highest BCUT2D eigenvalue weighted by atomic mass is 32.2. The summed E-state index contributed by atoms with van der Waals surface area (Å²) in [7, 11) is 1.43. The van der Waals surface area contributed by atoms with Crippen LogP contribution >= 0.6 is 11.8 Å². The van der Waals surface area contributed by atoms with Crippen LogP contribution < -0.4 is 4.90 Å². The number of rotatable bonds is 1. The predicted octanol–water partition coefficient (Wildman–Crippen LogP) is 3.43. The first kappa shape index (κ1) is 14.1. The minimum atomic E-state index is -0.395. The van der Waals surface area contributed by atoms with Crippen molar-refractivity contribution in [3.63, 3.8) is 0 Å². The summed E-state index contributed by atoms with van der Waals surface area (Å²) < 4.78 is 5.02. The Kier molecular flexibility index (Phi) is 2.72. The minimum Gasteiger partial charge on any atom is -0.469 e. The van der Waals surface area contributed by atoms with Crippen molar-refractivity contribution >= 4 is 29.3 Å². The number of carbonyl (C=O) groups is 2. The van der Waals surface area contributed by atoms with Crippen molar-refractivity contribution in [1.29, 1.82) is 0 Å². The van der Waals surface area contributed by atoms with Gasteiger partial charge in [-0.25, -0.2) is 0 Å². The number of thioether (sulfide) groups is 1. The molecule has 120 valence electrons. The minimum absolute atomic E-state index is 0.0302. The second kappa shape index (κ2) is 4.63. The van der Waals surface area contributed by atoms with Gasteiger partial charge in [-0.3, -0.25) is 14.5 Å². The maximum absolute atomic E-state index is 13.2. The van der Waals surface area contributed by atoms with E-state index in [1.807, 2.05) is 53.4 Å². The third kappa shape index (κ3) is 1.51. The smallest absolute Gasteiger partial charge is 0.309 e. The Labute approximate surface area is 143 Å². The lowest BCUT2D eigenvalue weighted by Crippen LogP contribution is -2.65. The summed E-state index contributed by atoms with van der Waals surface area (Å²) in [4.78, 5) is 28.1. The van der Waals surface area contributed by atoms with Crippen LogP contribution in [0.4, 0.5) is 5.69 Å². The van der Waals surface area contributed by atoms with Crippen molar-refractivity contribution < 1.29 is 14.3 Å². The lowest BCUT2D eigenvalue weighted by Gasteiger charge is -2.58. The number of benzene rings is 2. The molecule has 1 amide bonds. The predicted molar refractivity (Wildman–Crippen MR) is 91.1 cm³/mol. The zero-order chi connectivity index (χ0) is 16.5. The number of hydrogen-bond acceptors (Lipinski definition) is 4. The van der Waals surface area contributed by atoms with Crippen LogP contribution in [0.5, 0.6) is 0 Å². The molecule has 3 atom stereocenters. The number of amides is 1. The topological polar surface area (TPSA) is 46.6 Å². The SMILES string of the molecule is COC(=O)C1C[C@@]23Sc4ccccc4N2C(=O)c2ccccc2[C@@H]13. The molecule has 0 N–H and O–H groups in total. The summed E-state index contributed by atoms with van der Waals surface area (Å²) in [6.45, 7) is 0. The largest absolute Gasteiger partial charge is 0.469 e. The summed E-state index contributed by atoms with van der Waals surface area (Å²) >= 11 is 1.71. The summed E-state index contributed by atoms with van der Waals surface area (Å²) in [6, 6.07) is 15.6. The van der Waals surface area contributed by atoms with E-state index in [9.17, 15) is 9.59 Å². The van der Waals surface area contributed by atoms with Gasteiger partial charge in [-0.15, -0.1) is 0 Å². The Hall–Kier alpha value is -2.27. The maximum Gasteiger partial charge on any atom is 0.309 e. The molecule has 3 aliphatic rings. The van der Waals surface area contributed by atoms with Crippen LogP contribution in [0.2, 0.25) is 0 Å². The van der Waals surface area contributed by atoms with Gasteiger partial charge in [0.05, 0.1) is 18.7 Å². The second-order valence-corrected chi connectivity index (χ2v) is 7.80. The molecule has 2 heterocycles. The number of fused-ring (bicyclic) bond motifs is 4. The third-order valence-electron chi connectivity index (χ3n) is 5.41. The fourth-order valence-electron chi connectivity index (χ4n) is 4.41. The third-order valence-corrected chi connectivity index (χ3v) is 6.93. The average Bonchev–Trinajstić information content (AvgIpc) is 2.95. The van der Waals surface area contributed by atoms with E-state index in [0.29, 0.717) is 12.0 Å². The number of nitrogens with zero attached hydrogens (tertiary/aromatic N) is 1. The molecule has 1 spiro atoms. The van der Waals surface area contributed by atoms with Gasteiger partial charge in [-0.05, 0) is 30.2 Å². The highest BCUT2D eigenvalue weighted by Crippen LogP contribution is 2.69. The van der Waals surface area contributed by atoms with E-state index in [1.54, 1.807) is 11.8 Å². The molecule has 4 nitrogen and oxygen atoms in total. The number of ether oxygens (including phenoxy) is 1. The van der Waals surface area contributed by atoms with Crippen LogP contribution in [0, 0.1) is 5.92 Å². The van der Waals surface area contributed by atoms with Crippen LogP contribution in [-0.2, 0) is 9.53 Å². The lowest BCUT2D eigenvalue weighted by atomic mass is 9.61. The van der Waals surface area contributed by atoms with Crippen LogP contribution in [-0.4, -0.2) is 23.9 Å². The van der Waals surface area contributed by atoms with E-state index >= 15 is 0 Å². The van der Waals surface area contributed by atoms with Crippen LogP contribution in [0.25, 0.3) is 0 Å². The van der Waals surface area contributed by atoms with Crippen LogP contribution in [0.1, 0.15) is 28.3 Å². The van der Waals surface area contributed by atoms with Crippen LogP contribution in [0.3, 0.4) is 0 Å². The second-order valence-electron chi connectivity index (χ2n) is 6.45. The Balaban J connectivity index is 1.73. The molecular formula is C19H15NO3S. The molecule has 2 aliphatic heterocycles. The van der Waals surface area contributed by atoms with Gasteiger partial charge in [0.15, 0.2) is 0 Å². The van der Waals surface area contributed by atoms with Gasteiger partial charge in [0.25, 0.3) is 5.91 Å². The molecule has 2 aromatic carbocycles. The van der Waals surface area contributed by atoms with E-state index < -0.39 is 4.87 Å². The Bertz CT molecular complexity index is 896. The first-order valence-corrected chi connectivity index (χ1v) is 8.78. The summed E-state index contributed by atoms with van der Waals surface area (Å²) in [5.74, 6) is -0.390. The molecule has 1 fully saturated rings. The standard InChI is InChI=1S/C19H15NO3S/c1-23-18(22)13-10-19-16(13)11-6-2-3-7-12(11)17(21)20(19)14-8-4-5-9-15(14)24-19/h2-9,13,16H,10H2,1H3/t13?,16-,19-/m0/s1. The lowest BCUT2D eigenvalue weighted by molar-refractivity contribution is -0.150. The molecule has 0 bridgehead atoms. The average molecular weight is 337 g/mol. The normalized spacial score (nSPS) is 29.0. The Morgan fingerprint density at radius 1 is 1.21 bits per heavy atom. The van der Waals surface area contributed by atoms with Crippen LogP contribution in [0.15, 0.2) is 53.4 Å². The molecule has 24 heavy (non-hydrogen) atoms. The molecule has 1 saturated carbocycles. The number of anilines is 1. The zero-order valence-corrected chi connectivity index (χ0v) is 13.9. The number of para-hydroxylation sites is 1. The van der Waals surface area contributed by atoms with Crippen molar-refractivity contribution in [2.24, 2.45) is 5.92 Å². The van der Waals surface area contributed by atoms with Gasteiger partial charge < -0.3 is 4.74 Å². The van der Waals surface area contributed by atoms with Crippen molar-refractivity contribution in [3.05, 3.63) is 59.7 Å². The molecule has 0 aromatic heterocycles. The number of esters is 1. The molecule has 0 radical (unpaired) electrons. The number of hydrogen-bond donors (Lipinski definition) is 0. The zero-order valence-electron chi connectivity index (χ0n) is 13.1. The fourth-order valence-corrected chi connectivity index (χ4v) is 6.16. The summed E-state index contributed by atoms with van der Waals surface area (Å²) in [5, 5.41) is 0. The van der Waals surface area contributed by atoms with Gasteiger partial charge in [-0.1, -0.05) is 42.1 Å². The first-order chi connectivity index (χ1) is 11.7. The molecule has 5 rings (SSSR count). The van der Waals surface area contributed by atoms with Crippen molar-refractivity contribution in [2.75, 3.05) is 12.0 Å². The monoisotopic (exact) mass is 337 g/mol. The van der Waals surface area contributed by atoms with Gasteiger partial charge >= 0.3 is 5.97 Å². The van der Waals surface area contributed by atoms with E-state index in [4.69, 9.17) is 4.74 Å². The summed E-state index contributed by atoms with van der Waals surface area (Å²) in [5.41, 5.74) is 2.63. The molecular weight excluding hydrogens is 322 g/mol. The van der Waals surface area contributed by atoms with E-state index in [2.05, 4.69) is 0 Å². The van der Waals surface area contributed by atoms with Crippen molar-refractivity contribution in [2.45, 2.75) is 22.1 Å². The fraction of sp³-hybridized carbons (Fsp3) is 0.263. The maximum atomic E-state index is 13.2. The van der Waals surface area contributed by atoms with Gasteiger partial charge in [0.1, 0.15) is 4.87 Å². The Morgan fingerprint density at radius 3 is 2.79 bits per heavy atom. The van der Waals surface area contributed by atoms with Crippen molar-refractivity contribution in [1.82, 2.24) is 0 Å².